The maximum atomic E-state index is 13.0. The highest BCUT2D eigenvalue weighted by Crippen LogP contribution is 2.19. The number of benzene rings is 1. The second-order valence-electron chi connectivity index (χ2n) is 6.20. The van der Waals surface area contributed by atoms with Crippen LogP contribution in [0.15, 0.2) is 63.9 Å². The lowest BCUT2D eigenvalue weighted by Crippen LogP contribution is -2.38. The van der Waals surface area contributed by atoms with Crippen LogP contribution in [0.2, 0.25) is 0 Å². The molecule has 0 bridgehead atoms. The second kappa shape index (κ2) is 7.83. The van der Waals surface area contributed by atoms with Crippen molar-refractivity contribution in [2.24, 2.45) is 0 Å². The Hall–Kier alpha value is -2.82. The van der Waals surface area contributed by atoms with Crippen LogP contribution in [0.1, 0.15) is 40.7 Å². The van der Waals surface area contributed by atoms with E-state index in [0.29, 0.717) is 17.8 Å². The van der Waals surface area contributed by atoms with Gasteiger partial charge in [-0.05, 0) is 44.4 Å². The summed E-state index contributed by atoms with van der Waals surface area (Å²) in [6.45, 7) is 4.26. The quantitative estimate of drug-likeness (QED) is 0.646. The molecule has 3 aromatic rings. The van der Waals surface area contributed by atoms with E-state index in [1.165, 1.54) is 11.8 Å². The molecule has 1 aromatic carbocycles. The van der Waals surface area contributed by atoms with E-state index in [1.807, 2.05) is 35.2 Å². The Bertz CT molecular complexity index is 793. The summed E-state index contributed by atoms with van der Waals surface area (Å²) in [4.78, 5) is 14.8. The number of rotatable bonds is 7. The minimum absolute atomic E-state index is 0.0482. The lowest BCUT2D eigenvalue weighted by atomic mass is 10.0. The number of hydrogen-bond donors (Lipinski definition) is 0. The monoisotopic (exact) mass is 338 g/mol. The first-order chi connectivity index (χ1) is 12.1. The van der Waals surface area contributed by atoms with Crippen molar-refractivity contribution in [3.05, 3.63) is 77.6 Å². The van der Waals surface area contributed by atoms with E-state index in [9.17, 15) is 4.79 Å². The van der Waals surface area contributed by atoms with Crippen LogP contribution in [-0.4, -0.2) is 22.0 Å². The van der Waals surface area contributed by atoms with Crippen molar-refractivity contribution in [3.8, 4) is 0 Å². The van der Waals surface area contributed by atoms with Gasteiger partial charge in [0.05, 0.1) is 18.5 Å². The van der Waals surface area contributed by atoms with E-state index < -0.39 is 0 Å². The lowest BCUT2D eigenvalue weighted by molar-refractivity contribution is 0.0650. The third-order valence-electron chi connectivity index (χ3n) is 4.37. The van der Waals surface area contributed by atoms with E-state index in [0.717, 1.165) is 18.6 Å². The minimum atomic E-state index is -0.0873. The highest BCUT2D eigenvalue weighted by Gasteiger charge is 2.25. The Morgan fingerprint density at radius 3 is 2.64 bits per heavy atom. The van der Waals surface area contributed by atoms with Crippen LogP contribution in [0.4, 0.5) is 0 Å². The zero-order valence-corrected chi connectivity index (χ0v) is 14.5. The molecule has 0 saturated heterocycles. The first-order valence-corrected chi connectivity index (χ1v) is 8.43. The summed E-state index contributed by atoms with van der Waals surface area (Å²) in [5, 5.41) is 3.82. The molecule has 1 amide bonds. The van der Waals surface area contributed by atoms with Crippen LogP contribution in [-0.2, 0) is 13.0 Å². The van der Waals surface area contributed by atoms with Gasteiger partial charge in [-0.1, -0.05) is 35.5 Å². The topological polar surface area (TPSA) is 59.5 Å². The molecule has 2 heterocycles. The van der Waals surface area contributed by atoms with Gasteiger partial charge in [0.15, 0.2) is 0 Å². The van der Waals surface area contributed by atoms with E-state index >= 15 is 0 Å². The predicted molar refractivity (Wildman–Crippen MR) is 94.0 cm³/mol. The van der Waals surface area contributed by atoms with Crippen molar-refractivity contribution in [1.82, 2.24) is 10.1 Å². The van der Waals surface area contributed by atoms with E-state index in [1.54, 1.807) is 13.2 Å². The molecule has 0 fully saturated rings. The Kier molecular flexibility index (Phi) is 5.33. The first-order valence-electron chi connectivity index (χ1n) is 8.43. The Morgan fingerprint density at radius 2 is 2.00 bits per heavy atom. The van der Waals surface area contributed by atoms with Gasteiger partial charge in [-0.2, -0.15) is 0 Å². The summed E-state index contributed by atoms with van der Waals surface area (Å²) < 4.78 is 10.4. The fourth-order valence-electron chi connectivity index (χ4n) is 2.83. The van der Waals surface area contributed by atoms with Gasteiger partial charge in [-0.3, -0.25) is 4.79 Å². The summed E-state index contributed by atoms with van der Waals surface area (Å²) >= 11 is 0. The first kappa shape index (κ1) is 17.0. The number of carbonyl (C=O) groups excluding carboxylic acids is 1. The highest BCUT2D eigenvalue weighted by atomic mass is 16.5. The maximum Gasteiger partial charge on any atom is 0.259 e. The van der Waals surface area contributed by atoms with Crippen LogP contribution in [0.25, 0.3) is 0 Å². The maximum absolute atomic E-state index is 13.0. The molecule has 0 saturated carbocycles. The van der Waals surface area contributed by atoms with Gasteiger partial charge in [-0.25, -0.2) is 0 Å². The molecule has 5 nitrogen and oxygen atoms in total. The Morgan fingerprint density at radius 1 is 1.20 bits per heavy atom. The fourth-order valence-corrected chi connectivity index (χ4v) is 2.83. The van der Waals surface area contributed by atoms with Crippen LogP contribution in [0, 0.1) is 6.92 Å². The van der Waals surface area contributed by atoms with Crippen LogP contribution < -0.4 is 0 Å². The summed E-state index contributed by atoms with van der Waals surface area (Å²) in [6, 6.07) is 14.0. The van der Waals surface area contributed by atoms with Crippen LogP contribution in [0.3, 0.4) is 0 Å². The third-order valence-corrected chi connectivity index (χ3v) is 4.37. The predicted octanol–water partition coefficient (Wildman–Crippen LogP) is 4.24. The molecule has 0 aliphatic heterocycles. The third kappa shape index (κ3) is 4.18. The molecule has 25 heavy (non-hydrogen) atoms. The molecule has 0 spiro atoms. The average Bonchev–Trinajstić information content (AvgIpc) is 3.29. The van der Waals surface area contributed by atoms with Gasteiger partial charge in [-0.15, -0.1) is 0 Å². The van der Waals surface area contributed by atoms with Crippen molar-refractivity contribution in [3.63, 3.8) is 0 Å². The van der Waals surface area contributed by atoms with Crippen molar-refractivity contribution in [2.45, 2.75) is 39.3 Å². The Labute approximate surface area is 147 Å². The largest absolute Gasteiger partial charge is 0.467 e. The van der Waals surface area contributed by atoms with Crippen LogP contribution >= 0.6 is 0 Å². The van der Waals surface area contributed by atoms with Crippen molar-refractivity contribution >= 4 is 5.91 Å². The Balaban J connectivity index is 1.75. The molecule has 3 rings (SSSR count). The van der Waals surface area contributed by atoms with E-state index in [-0.39, 0.29) is 11.9 Å². The lowest BCUT2D eigenvalue weighted by Gasteiger charge is -2.28. The van der Waals surface area contributed by atoms with Crippen LogP contribution in [0.5, 0.6) is 0 Å². The number of furan rings is 1. The smallest absolute Gasteiger partial charge is 0.259 e. The summed E-state index contributed by atoms with van der Waals surface area (Å²) in [6.07, 6.45) is 4.81. The van der Waals surface area contributed by atoms with E-state index in [4.69, 9.17) is 8.94 Å². The fraction of sp³-hybridized carbons (Fsp3) is 0.300. The molecular formula is C20H22N2O3. The highest BCUT2D eigenvalue weighted by molar-refractivity contribution is 5.95. The number of aryl methyl sites for hydroxylation is 2. The molecule has 0 radical (unpaired) electrons. The summed E-state index contributed by atoms with van der Waals surface area (Å²) in [5.74, 6) is 0.671. The molecule has 5 heteroatoms. The minimum Gasteiger partial charge on any atom is -0.467 e. The standard InChI is InChI=1S/C20H22N2O3/c1-15(10-11-17-7-4-3-5-8-17)22(13-18-9-6-12-24-18)20(23)19-14-25-21-16(19)2/h3-9,12,14-15H,10-11,13H2,1-2H3/t15-/m1/s1. The van der Waals surface area contributed by atoms with E-state index in [2.05, 4.69) is 24.2 Å². The summed E-state index contributed by atoms with van der Waals surface area (Å²) in [7, 11) is 0. The second-order valence-corrected chi connectivity index (χ2v) is 6.20. The molecule has 0 N–H and O–H groups in total. The van der Waals surface area contributed by atoms with Gasteiger partial charge >= 0.3 is 0 Å². The number of amides is 1. The number of aromatic nitrogens is 1. The van der Waals surface area contributed by atoms with Gasteiger partial charge in [0.25, 0.3) is 5.91 Å². The van der Waals surface area contributed by atoms with Gasteiger partial charge < -0.3 is 13.8 Å². The number of hydrogen-bond acceptors (Lipinski definition) is 4. The van der Waals surface area contributed by atoms with Crippen molar-refractivity contribution in [1.29, 1.82) is 0 Å². The van der Waals surface area contributed by atoms with Gasteiger partial charge in [0.1, 0.15) is 17.6 Å². The molecule has 1 atom stereocenters. The summed E-state index contributed by atoms with van der Waals surface area (Å²) in [5.41, 5.74) is 2.36. The SMILES string of the molecule is Cc1nocc1C(=O)N(Cc1ccco1)[C@H](C)CCc1ccccc1. The zero-order chi connectivity index (χ0) is 17.6. The molecule has 0 aliphatic carbocycles. The average molecular weight is 338 g/mol. The molecular weight excluding hydrogens is 316 g/mol. The molecule has 130 valence electrons. The molecule has 2 aromatic heterocycles. The molecule has 0 unspecified atom stereocenters. The zero-order valence-electron chi connectivity index (χ0n) is 14.5. The van der Waals surface area contributed by atoms with Crippen molar-refractivity contribution in [2.75, 3.05) is 0 Å². The number of nitrogens with zero attached hydrogens (tertiary/aromatic N) is 2. The van der Waals surface area contributed by atoms with Gasteiger partial charge in [0, 0.05) is 6.04 Å². The molecule has 0 aliphatic rings. The van der Waals surface area contributed by atoms with Gasteiger partial charge in [0.2, 0.25) is 0 Å². The normalized spacial score (nSPS) is 12.1. The van der Waals surface area contributed by atoms with Crippen molar-refractivity contribution < 1.29 is 13.7 Å². The number of carbonyl (C=O) groups is 1.